The summed E-state index contributed by atoms with van der Waals surface area (Å²) in [4.78, 5) is 24.7. The van der Waals surface area contributed by atoms with E-state index in [0.29, 0.717) is 10.7 Å². The molecule has 3 N–H and O–H groups in total. The van der Waals surface area contributed by atoms with Gasteiger partial charge in [0.05, 0.1) is 10.7 Å². The van der Waals surface area contributed by atoms with E-state index < -0.39 is 18.0 Å². The molecule has 1 fully saturated rings. The average Bonchev–Trinajstić information content (AvgIpc) is 2.48. The summed E-state index contributed by atoms with van der Waals surface area (Å²) in [6, 6.07) is 3.80. The van der Waals surface area contributed by atoms with E-state index in [1.54, 1.807) is 12.1 Å². The minimum atomic E-state index is -1.09. The fourth-order valence-electron chi connectivity index (χ4n) is 2.52. The maximum Gasteiger partial charge on any atom is 0.325 e. The molecule has 7 heteroatoms. The maximum absolute atomic E-state index is 11.7. The lowest BCUT2D eigenvalue weighted by molar-refractivity contribution is -0.138. The number of nitrogens with zero attached hydrogens (tertiary/aromatic N) is 1. The predicted octanol–water partition coefficient (Wildman–Crippen LogP) is 3.17. The largest absolute Gasteiger partial charge is 0.480 e. The van der Waals surface area contributed by atoms with Gasteiger partial charge in [-0.15, -0.1) is 0 Å². The van der Waals surface area contributed by atoms with Crippen LogP contribution in [-0.2, 0) is 4.79 Å². The summed E-state index contributed by atoms with van der Waals surface area (Å²) in [5.74, 6) is -0.348. The van der Waals surface area contributed by atoms with Crippen LogP contribution >= 0.6 is 11.6 Å². The van der Waals surface area contributed by atoms with Crippen molar-refractivity contribution in [2.75, 3.05) is 23.3 Å². The molecule has 23 heavy (non-hydrogen) atoms. The van der Waals surface area contributed by atoms with Crippen LogP contribution in [-0.4, -0.2) is 36.2 Å². The summed E-state index contributed by atoms with van der Waals surface area (Å²) < 4.78 is 0. The zero-order valence-electron chi connectivity index (χ0n) is 13.3. The number of amides is 2. The van der Waals surface area contributed by atoms with Gasteiger partial charge in [0.1, 0.15) is 6.04 Å². The third-order valence-corrected chi connectivity index (χ3v) is 4.35. The van der Waals surface area contributed by atoms with Gasteiger partial charge in [-0.1, -0.05) is 18.5 Å². The number of carbonyl (C=O) groups is 2. The highest BCUT2D eigenvalue weighted by Crippen LogP contribution is 2.31. The molecule has 0 aliphatic carbocycles. The van der Waals surface area contributed by atoms with E-state index in [9.17, 15) is 9.59 Å². The number of urea groups is 1. The highest BCUT2D eigenvalue weighted by atomic mass is 35.5. The quantitative estimate of drug-likeness (QED) is 0.787. The van der Waals surface area contributed by atoms with Crippen LogP contribution in [0.4, 0.5) is 16.2 Å². The molecule has 2 amide bonds. The van der Waals surface area contributed by atoms with Crippen molar-refractivity contribution in [3.05, 3.63) is 23.2 Å². The zero-order chi connectivity index (χ0) is 17.0. The lowest BCUT2D eigenvalue weighted by Gasteiger charge is -2.32. The Morgan fingerprint density at radius 2 is 2.00 bits per heavy atom. The molecule has 2 rings (SSSR count). The van der Waals surface area contributed by atoms with Crippen LogP contribution in [0.1, 0.15) is 26.7 Å². The molecule has 0 saturated carbocycles. The summed E-state index contributed by atoms with van der Waals surface area (Å²) in [6.07, 6.45) is 2.29. The third kappa shape index (κ3) is 4.76. The number of benzene rings is 1. The number of aliphatic carboxylic acids is 1. The van der Waals surface area contributed by atoms with Crippen molar-refractivity contribution in [3.63, 3.8) is 0 Å². The number of hydrogen-bond donors (Lipinski definition) is 3. The van der Waals surface area contributed by atoms with Gasteiger partial charge in [-0.25, -0.2) is 4.79 Å². The predicted molar refractivity (Wildman–Crippen MR) is 91.3 cm³/mol. The van der Waals surface area contributed by atoms with Gasteiger partial charge < -0.3 is 20.6 Å². The van der Waals surface area contributed by atoms with Crippen LogP contribution in [0.2, 0.25) is 5.02 Å². The fourth-order valence-corrected chi connectivity index (χ4v) is 2.82. The zero-order valence-corrected chi connectivity index (χ0v) is 14.1. The number of nitrogens with one attached hydrogen (secondary N) is 2. The first-order valence-corrected chi connectivity index (χ1v) is 8.09. The number of hydrogen-bond acceptors (Lipinski definition) is 3. The standard InChI is InChI=1S/C16H22ClN3O3/c1-10-5-7-20(8-6-10)14-4-3-12(9-13(14)17)19-16(23)18-11(2)15(21)22/h3-4,9-11H,5-8H2,1-2H3,(H,21,22)(H2,18,19,23). The Morgan fingerprint density at radius 1 is 1.35 bits per heavy atom. The van der Waals surface area contributed by atoms with Gasteiger partial charge in [-0.05, 0) is 43.9 Å². The Labute approximate surface area is 140 Å². The summed E-state index contributed by atoms with van der Waals surface area (Å²) in [7, 11) is 0. The number of carboxylic acids is 1. The van der Waals surface area contributed by atoms with Crippen LogP contribution in [0.25, 0.3) is 0 Å². The fraction of sp³-hybridized carbons (Fsp3) is 0.500. The smallest absolute Gasteiger partial charge is 0.325 e. The van der Waals surface area contributed by atoms with E-state index in [-0.39, 0.29) is 0 Å². The summed E-state index contributed by atoms with van der Waals surface area (Å²) in [6.45, 7) is 5.60. The van der Waals surface area contributed by atoms with Crippen molar-refractivity contribution in [3.8, 4) is 0 Å². The van der Waals surface area contributed by atoms with Crippen molar-refractivity contribution >= 4 is 35.0 Å². The molecule has 0 aromatic heterocycles. The molecule has 0 spiro atoms. The molecule has 0 radical (unpaired) electrons. The minimum absolute atomic E-state index is 0.527. The highest BCUT2D eigenvalue weighted by molar-refractivity contribution is 6.33. The summed E-state index contributed by atoms with van der Waals surface area (Å²) >= 11 is 6.33. The van der Waals surface area contributed by atoms with E-state index in [1.807, 2.05) is 6.07 Å². The summed E-state index contributed by atoms with van der Waals surface area (Å²) in [5.41, 5.74) is 1.49. The second-order valence-electron chi connectivity index (χ2n) is 5.99. The molecular weight excluding hydrogens is 318 g/mol. The van der Waals surface area contributed by atoms with Gasteiger partial charge in [-0.3, -0.25) is 4.79 Å². The molecule has 0 bridgehead atoms. The minimum Gasteiger partial charge on any atom is -0.480 e. The monoisotopic (exact) mass is 339 g/mol. The van der Waals surface area contributed by atoms with Gasteiger partial charge in [0, 0.05) is 18.8 Å². The van der Waals surface area contributed by atoms with Crippen LogP contribution < -0.4 is 15.5 Å². The van der Waals surface area contributed by atoms with Crippen molar-refractivity contribution in [1.29, 1.82) is 0 Å². The van der Waals surface area contributed by atoms with Crippen molar-refractivity contribution < 1.29 is 14.7 Å². The number of piperidine rings is 1. The molecule has 1 heterocycles. The van der Waals surface area contributed by atoms with Gasteiger partial charge in [0.25, 0.3) is 0 Å². The van der Waals surface area contributed by atoms with E-state index in [0.717, 1.165) is 37.5 Å². The number of carboxylic acid groups (broad SMARTS) is 1. The highest BCUT2D eigenvalue weighted by Gasteiger charge is 2.19. The molecule has 1 saturated heterocycles. The second-order valence-corrected chi connectivity index (χ2v) is 6.40. The van der Waals surface area contributed by atoms with E-state index in [2.05, 4.69) is 22.5 Å². The Bertz CT molecular complexity index is 586. The van der Waals surface area contributed by atoms with Crippen molar-refractivity contribution in [1.82, 2.24) is 5.32 Å². The van der Waals surface area contributed by atoms with Crippen LogP contribution in [0.15, 0.2) is 18.2 Å². The molecule has 6 nitrogen and oxygen atoms in total. The van der Waals surface area contributed by atoms with E-state index in [1.165, 1.54) is 6.92 Å². The molecular formula is C16H22ClN3O3. The van der Waals surface area contributed by atoms with Crippen LogP contribution in [0.3, 0.4) is 0 Å². The SMILES string of the molecule is CC1CCN(c2ccc(NC(=O)NC(C)C(=O)O)cc2Cl)CC1. The first-order chi connectivity index (χ1) is 10.9. The molecule has 1 atom stereocenters. The Balaban J connectivity index is 1.99. The molecule has 1 aliphatic heterocycles. The summed E-state index contributed by atoms with van der Waals surface area (Å²) in [5, 5.41) is 14.3. The molecule has 1 aliphatic rings. The normalized spacial score (nSPS) is 16.7. The average molecular weight is 340 g/mol. The van der Waals surface area contributed by atoms with Gasteiger partial charge in [0.15, 0.2) is 0 Å². The number of rotatable bonds is 4. The Hall–Kier alpha value is -1.95. The first kappa shape index (κ1) is 17.4. The lowest BCUT2D eigenvalue weighted by Crippen LogP contribution is -2.40. The first-order valence-electron chi connectivity index (χ1n) is 7.71. The second kappa shape index (κ2) is 7.55. The van der Waals surface area contributed by atoms with Crippen molar-refractivity contribution in [2.24, 2.45) is 5.92 Å². The molecule has 1 aromatic carbocycles. The molecule has 1 unspecified atom stereocenters. The molecule has 1 aromatic rings. The van der Waals surface area contributed by atoms with Crippen molar-refractivity contribution in [2.45, 2.75) is 32.7 Å². The number of anilines is 2. The van der Waals surface area contributed by atoms with Crippen LogP contribution in [0, 0.1) is 5.92 Å². The topological polar surface area (TPSA) is 81.7 Å². The molecule has 126 valence electrons. The number of halogens is 1. The lowest BCUT2D eigenvalue weighted by atomic mass is 9.99. The van der Waals surface area contributed by atoms with Gasteiger partial charge in [-0.2, -0.15) is 0 Å². The van der Waals surface area contributed by atoms with Crippen LogP contribution in [0.5, 0.6) is 0 Å². The third-order valence-electron chi connectivity index (χ3n) is 4.05. The number of carbonyl (C=O) groups excluding carboxylic acids is 1. The van der Waals surface area contributed by atoms with E-state index >= 15 is 0 Å². The van der Waals surface area contributed by atoms with Gasteiger partial charge >= 0.3 is 12.0 Å². The Morgan fingerprint density at radius 3 is 2.57 bits per heavy atom. The van der Waals surface area contributed by atoms with E-state index in [4.69, 9.17) is 16.7 Å². The van der Waals surface area contributed by atoms with Gasteiger partial charge in [0.2, 0.25) is 0 Å². The Kier molecular flexibility index (Phi) is 5.71. The maximum atomic E-state index is 11.7.